The maximum Gasteiger partial charge on any atom is 0.226 e. The number of ketones is 2. The number of rotatable bonds is 5. The number of benzene rings is 1. The largest absolute Gasteiger partial charge is 0.439 e. The number of aromatic nitrogens is 1. The topological polar surface area (TPSA) is 84.0 Å². The van der Waals surface area contributed by atoms with Crippen molar-refractivity contribution in [2.45, 2.75) is 5.92 Å². The van der Waals surface area contributed by atoms with E-state index < -0.39 is 11.7 Å². The van der Waals surface area contributed by atoms with Gasteiger partial charge in [0.05, 0.1) is 5.75 Å². The lowest BCUT2D eigenvalue weighted by Crippen LogP contribution is -2.23. The molecule has 0 spiro atoms. The summed E-state index contributed by atoms with van der Waals surface area (Å²) >= 11 is 1.30. The summed E-state index contributed by atoms with van der Waals surface area (Å²) in [6, 6.07) is 8.53. The van der Waals surface area contributed by atoms with Gasteiger partial charge in [0.1, 0.15) is 5.52 Å². The van der Waals surface area contributed by atoms with Crippen LogP contribution in [0.4, 0.5) is 0 Å². The standard InChI is InChI=1S/C15H10N2O3S/c1-21-9-12(19)14(11(18)6-4-8-16)15-17-10-5-2-3-7-13(10)20-15/h2-3,5,7,14H,9H2,1H3. The van der Waals surface area contributed by atoms with Crippen molar-refractivity contribution in [2.24, 2.45) is 0 Å². The molecule has 0 radical (unpaired) electrons. The Morgan fingerprint density at radius 3 is 2.86 bits per heavy atom. The van der Waals surface area contributed by atoms with E-state index in [1.54, 1.807) is 36.6 Å². The van der Waals surface area contributed by atoms with E-state index in [0.717, 1.165) is 0 Å². The summed E-state index contributed by atoms with van der Waals surface area (Å²) in [6.07, 6.45) is 1.76. The maximum absolute atomic E-state index is 12.1. The van der Waals surface area contributed by atoms with Gasteiger partial charge in [-0.05, 0) is 24.3 Å². The number of hydrogen-bond donors (Lipinski definition) is 0. The zero-order valence-corrected chi connectivity index (χ0v) is 11.9. The number of Topliss-reactive ketones (excluding diaryl/α,β-unsaturated/α-hetero) is 2. The van der Waals surface area contributed by atoms with Gasteiger partial charge in [-0.1, -0.05) is 12.1 Å². The normalized spacial score (nSPS) is 11.2. The molecule has 0 saturated carbocycles. The summed E-state index contributed by atoms with van der Waals surface area (Å²) in [5, 5.41) is 8.42. The highest BCUT2D eigenvalue weighted by Gasteiger charge is 2.31. The molecule has 2 rings (SSSR count). The summed E-state index contributed by atoms with van der Waals surface area (Å²) in [4.78, 5) is 28.4. The van der Waals surface area contributed by atoms with Gasteiger partial charge in [-0.15, -0.1) is 0 Å². The molecule has 0 aliphatic carbocycles. The summed E-state index contributed by atoms with van der Waals surface area (Å²) < 4.78 is 5.49. The molecule has 21 heavy (non-hydrogen) atoms. The number of carbonyl (C=O) groups is 2. The molecule has 0 amide bonds. The number of hydrogen-bond acceptors (Lipinski definition) is 6. The highest BCUT2D eigenvalue weighted by Crippen LogP contribution is 2.24. The van der Waals surface area contributed by atoms with Crippen LogP contribution >= 0.6 is 11.8 Å². The van der Waals surface area contributed by atoms with E-state index in [0.29, 0.717) is 11.1 Å². The van der Waals surface area contributed by atoms with E-state index in [-0.39, 0.29) is 17.4 Å². The summed E-state index contributed by atoms with van der Waals surface area (Å²) in [7, 11) is 0. The van der Waals surface area contributed by atoms with Crippen molar-refractivity contribution in [1.82, 2.24) is 4.98 Å². The molecule has 1 heterocycles. The molecule has 2 aromatic rings. The Hall–Kier alpha value is -2.57. The van der Waals surface area contributed by atoms with Gasteiger partial charge in [0.25, 0.3) is 0 Å². The first-order valence-corrected chi connectivity index (χ1v) is 7.38. The molecule has 5 nitrogen and oxygen atoms in total. The van der Waals surface area contributed by atoms with Crippen molar-refractivity contribution in [3.8, 4) is 17.9 Å². The third kappa shape index (κ3) is 3.31. The van der Waals surface area contributed by atoms with Gasteiger partial charge >= 0.3 is 0 Å². The fourth-order valence-electron chi connectivity index (χ4n) is 1.80. The molecule has 0 saturated heterocycles. The zero-order valence-electron chi connectivity index (χ0n) is 11.1. The molecule has 1 atom stereocenters. The number of fused-ring (bicyclic) bond motifs is 1. The van der Waals surface area contributed by atoms with Crippen molar-refractivity contribution in [3.05, 3.63) is 30.2 Å². The second kappa shape index (κ2) is 6.74. The van der Waals surface area contributed by atoms with E-state index >= 15 is 0 Å². The maximum atomic E-state index is 12.1. The van der Waals surface area contributed by atoms with Gasteiger partial charge in [-0.25, -0.2) is 4.98 Å². The third-order valence-corrected chi connectivity index (χ3v) is 3.24. The van der Waals surface area contributed by atoms with Gasteiger partial charge in [0.2, 0.25) is 11.7 Å². The summed E-state index contributed by atoms with van der Waals surface area (Å²) in [5.74, 6) is 2.09. The van der Waals surface area contributed by atoms with Crippen molar-refractivity contribution in [1.29, 1.82) is 5.26 Å². The lowest BCUT2D eigenvalue weighted by molar-refractivity contribution is -0.125. The Morgan fingerprint density at radius 2 is 2.19 bits per heavy atom. The van der Waals surface area contributed by atoms with Crippen LogP contribution in [0.1, 0.15) is 11.8 Å². The average molecular weight is 298 g/mol. The van der Waals surface area contributed by atoms with E-state index in [1.807, 2.05) is 5.92 Å². The minimum atomic E-state index is -1.19. The molecule has 1 aromatic carbocycles. The molecule has 104 valence electrons. The van der Waals surface area contributed by atoms with Crippen molar-refractivity contribution < 1.29 is 14.0 Å². The molecule has 0 fully saturated rings. The lowest BCUT2D eigenvalue weighted by Gasteiger charge is -2.06. The van der Waals surface area contributed by atoms with E-state index in [1.165, 1.54) is 11.8 Å². The van der Waals surface area contributed by atoms with Crippen molar-refractivity contribution in [2.75, 3.05) is 12.0 Å². The molecular formula is C15H10N2O3S. The quantitative estimate of drug-likeness (QED) is 0.476. The number of thioether (sulfide) groups is 1. The van der Waals surface area contributed by atoms with Crippen LogP contribution in [0, 0.1) is 23.2 Å². The zero-order chi connectivity index (χ0) is 15.2. The van der Waals surface area contributed by atoms with Crippen LogP contribution < -0.4 is 0 Å². The van der Waals surface area contributed by atoms with Crippen LogP contribution in [0.15, 0.2) is 28.7 Å². The molecule has 0 bridgehead atoms. The minimum absolute atomic E-state index is 0.0208. The average Bonchev–Trinajstić information content (AvgIpc) is 2.88. The second-order valence-electron chi connectivity index (χ2n) is 4.08. The van der Waals surface area contributed by atoms with Crippen LogP contribution in [-0.2, 0) is 9.59 Å². The van der Waals surface area contributed by atoms with Crippen LogP contribution in [0.2, 0.25) is 0 Å². The van der Waals surface area contributed by atoms with Crippen molar-refractivity contribution >= 4 is 34.4 Å². The van der Waals surface area contributed by atoms with Crippen molar-refractivity contribution in [3.63, 3.8) is 0 Å². The fraction of sp³-hybridized carbons (Fsp3) is 0.200. The SMILES string of the molecule is CSCC(=O)C(C(=O)C#CC#N)c1nc2ccccc2o1. The number of nitriles is 1. The van der Waals surface area contributed by atoms with Crippen LogP contribution in [-0.4, -0.2) is 28.6 Å². The van der Waals surface area contributed by atoms with Gasteiger partial charge in [-0.2, -0.15) is 17.0 Å². The molecule has 0 N–H and O–H groups in total. The van der Waals surface area contributed by atoms with Gasteiger partial charge in [-0.3, -0.25) is 9.59 Å². The molecular weight excluding hydrogens is 288 g/mol. The van der Waals surface area contributed by atoms with Crippen LogP contribution in [0.3, 0.4) is 0 Å². The highest BCUT2D eigenvalue weighted by atomic mass is 32.2. The number of carbonyl (C=O) groups excluding carboxylic acids is 2. The van der Waals surface area contributed by atoms with E-state index in [9.17, 15) is 9.59 Å². The lowest BCUT2D eigenvalue weighted by atomic mass is 10.00. The first-order valence-electron chi connectivity index (χ1n) is 5.98. The second-order valence-corrected chi connectivity index (χ2v) is 4.94. The Labute approximate surface area is 125 Å². The van der Waals surface area contributed by atoms with Gasteiger partial charge in [0, 0.05) is 5.92 Å². The van der Waals surface area contributed by atoms with Crippen LogP contribution in [0.25, 0.3) is 11.1 Å². The highest BCUT2D eigenvalue weighted by molar-refractivity contribution is 7.99. The Kier molecular flexibility index (Phi) is 4.76. The smallest absolute Gasteiger partial charge is 0.226 e. The molecule has 6 heteroatoms. The van der Waals surface area contributed by atoms with Gasteiger partial charge < -0.3 is 4.42 Å². The van der Waals surface area contributed by atoms with E-state index in [2.05, 4.69) is 10.9 Å². The van der Waals surface area contributed by atoms with Crippen LogP contribution in [0.5, 0.6) is 0 Å². The van der Waals surface area contributed by atoms with E-state index in [4.69, 9.17) is 9.68 Å². The monoisotopic (exact) mass is 298 g/mol. The molecule has 1 aromatic heterocycles. The first-order chi connectivity index (χ1) is 10.2. The molecule has 0 aliphatic rings. The van der Waals surface area contributed by atoms with Gasteiger partial charge in [0.15, 0.2) is 23.4 Å². The summed E-state index contributed by atoms with van der Waals surface area (Å²) in [6.45, 7) is 0. The summed E-state index contributed by atoms with van der Waals surface area (Å²) in [5.41, 5.74) is 1.06. The Bertz CT molecular complexity index is 759. The third-order valence-electron chi connectivity index (χ3n) is 2.67. The first kappa shape index (κ1) is 14.8. The Morgan fingerprint density at radius 1 is 1.43 bits per heavy atom. The molecule has 0 aliphatic heterocycles. The fourth-order valence-corrected chi connectivity index (χ4v) is 2.25. The Balaban J connectivity index is 2.45. The predicted octanol–water partition coefficient (Wildman–Crippen LogP) is 1.94. The number of para-hydroxylation sites is 2. The predicted molar refractivity (Wildman–Crippen MR) is 78.5 cm³/mol. The number of nitrogens with zero attached hydrogens (tertiary/aromatic N) is 2. The minimum Gasteiger partial charge on any atom is -0.439 e. The number of oxazole rings is 1. The molecule has 1 unspecified atom stereocenters.